The quantitative estimate of drug-likeness (QED) is 0.778. The monoisotopic (exact) mass is 334 g/mol. The maximum absolute atomic E-state index is 12.5. The molecular formula is C18H26N2O2S. The first-order valence-corrected chi connectivity index (χ1v) is 9.43. The lowest BCUT2D eigenvalue weighted by Gasteiger charge is -2.27. The summed E-state index contributed by atoms with van der Waals surface area (Å²) in [7, 11) is 0. The average Bonchev–Trinajstić information content (AvgIpc) is 3.00. The van der Waals surface area contributed by atoms with Crippen molar-refractivity contribution in [2.45, 2.75) is 50.9 Å². The van der Waals surface area contributed by atoms with Crippen molar-refractivity contribution in [3.63, 3.8) is 0 Å². The zero-order valence-electron chi connectivity index (χ0n) is 14.0. The van der Waals surface area contributed by atoms with E-state index in [1.165, 1.54) is 12.8 Å². The summed E-state index contributed by atoms with van der Waals surface area (Å²) in [5.74, 6) is 0.581. The molecule has 0 saturated carbocycles. The first-order valence-electron chi connectivity index (χ1n) is 8.38. The summed E-state index contributed by atoms with van der Waals surface area (Å²) in [6, 6.07) is 9.55. The molecule has 1 saturated heterocycles. The molecule has 1 aliphatic heterocycles. The Kier molecular flexibility index (Phi) is 6.96. The van der Waals surface area contributed by atoms with Crippen LogP contribution in [-0.4, -0.2) is 35.1 Å². The van der Waals surface area contributed by atoms with Crippen LogP contribution in [0.5, 0.6) is 0 Å². The number of unbranched alkanes of at least 4 members (excludes halogenated alkanes) is 3. The van der Waals surface area contributed by atoms with Crippen LogP contribution in [0, 0.1) is 0 Å². The number of benzene rings is 1. The molecule has 0 unspecified atom stereocenters. The van der Waals surface area contributed by atoms with Crippen molar-refractivity contribution < 1.29 is 9.59 Å². The van der Waals surface area contributed by atoms with Crippen molar-refractivity contribution in [3.05, 3.63) is 35.9 Å². The molecule has 2 atom stereocenters. The third kappa shape index (κ3) is 4.74. The summed E-state index contributed by atoms with van der Waals surface area (Å²) in [4.78, 5) is 26.3. The Morgan fingerprint density at radius 1 is 1.22 bits per heavy atom. The number of hydrogen-bond acceptors (Lipinski definition) is 3. The second-order valence-corrected chi connectivity index (χ2v) is 7.00. The Hall–Kier alpha value is -1.49. The summed E-state index contributed by atoms with van der Waals surface area (Å²) < 4.78 is 0. The molecule has 126 valence electrons. The van der Waals surface area contributed by atoms with Crippen LogP contribution in [-0.2, 0) is 9.59 Å². The molecule has 0 aromatic heterocycles. The van der Waals surface area contributed by atoms with Crippen LogP contribution < -0.4 is 5.32 Å². The van der Waals surface area contributed by atoms with Gasteiger partial charge in [-0.15, -0.1) is 11.8 Å². The molecule has 1 fully saturated rings. The van der Waals surface area contributed by atoms with Crippen molar-refractivity contribution >= 4 is 23.6 Å². The van der Waals surface area contributed by atoms with Gasteiger partial charge in [0.25, 0.3) is 0 Å². The molecule has 2 amide bonds. The topological polar surface area (TPSA) is 49.4 Å². The number of carbonyl (C=O) groups excluding carboxylic acids is 2. The maximum atomic E-state index is 12.5. The van der Waals surface area contributed by atoms with E-state index in [0.717, 1.165) is 18.4 Å². The van der Waals surface area contributed by atoms with Gasteiger partial charge >= 0.3 is 0 Å². The molecular weight excluding hydrogens is 308 g/mol. The van der Waals surface area contributed by atoms with Crippen LogP contribution in [0.2, 0.25) is 0 Å². The summed E-state index contributed by atoms with van der Waals surface area (Å²) in [5.41, 5.74) is 1.07. The predicted molar refractivity (Wildman–Crippen MR) is 95.1 cm³/mol. The highest BCUT2D eigenvalue weighted by atomic mass is 32.2. The van der Waals surface area contributed by atoms with E-state index in [0.29, 0.717) is 12.3 Å². The molecule has 5 heteroatoms. The second kappa shape index (κ2) is 8.96. The highest BCUT2D eigenvalue weighted by Crippen LogP contribution is 2.41. The third-order valence-electron chi connectivity index (χ3n) is 4.08. The predicted octanol–water partition coefficient (Wildman–Crippen LogP) is 3.35. The van der Waals surface area contributed by atoms with Gasteiger partial charge in [0.05, 0.1) is 0 Å². The highest BCUT2D eigenvalue weighted by molar-refractivity contribution is 7.99. The van der Waals surface area contributed by atoms with E-state index in [-0.39, 0.29) is 23.2 Å². The van der Waals surface area contributed by atoms with Gasteiger partial charge in [-0.3, -0.25) is 9.59 Å². The Bertz CT molecular complexity index is 521. The zero-order valence-corrected chi connectivity index (χ0v) is 14.8. The molecule has 23 heavy (non-hydrogen) atoms. The summed E-state index contributed by atoms with van der Waals surface area (Å²) >= 11 is 1.66. The lowest BCUT2D eigenvalue weighted by atomic mass is 10.1. The fraction of sp³-hybridized carbons (Fsp3) is 0.556. The second-order valence-electron chi connectivity index (χ2n) is 5.89. The molecule has 1 N–H and O–H groups in total. The smallest absolute Gasteiger partial charge is 0.243 e. The number of thioether (sulfide) groups is 1. The lowest BCUT2D eigenvalue weighted by Crippen LogP contribution is -2.47. The molecule has 1 heterocycles. The van der Waals surface area contributed by atoms with Crippen LogP contribution >= 0.6 is 11.8 Å². The van der Waals surface area contributed by atoms with Gasteiger partial charge in [0, 0.05) is 19.2 Å². The molecule has 1 aromatic carbocycles. The Labute approximate surface area is 143 Å². The van der Waals surface area contributed by atoms with Gasteiger partial charge in [-0.2, -0.15) is 0 Å². The van der Waals surface area contributed by atoms with E-state index in [1.54, 1.807) is 23.6 Å². The van der Waals surface area contributed by atoms with Gasteiger partial charge in [0.15, 0.2) is 0 Å². The van der Waals surface area contributed by atoms with Crippen LogP contribution in [0.1, 0.15) is 50.5 Å². The minimum absolute atomic E-state index is 0.0253. The molecule has 0 bridgehead atoms. The summed E-state index contributed by atoms with van der Waals surface area (Å²) in [5, 5.41) is 2.93. The first-order chi connectivity index (χ1) is 11.1. The SMILES string of the molecule is CCCCCCNC(=O)[C@H]1CS[C@@H](c2ccccc2)N1C(C)=O. The minimum atomic E-state index is -0.367. The highest BCUT2D eigenvalue weighted by Gasteiger charge is 2.40. The van der Waals surface area contributed by atoms with E-state index >= 15 is 0 Å². The summed E-state index contributed by atoms with van der Waals surface area (Å²) in [6.07, 6.45) is 4.52. The van der Waals surface area contributed by atoms with E-state index in [9.17, 15) is 9.59 Å². The number of nitrogens with one attached hydrogen (secondary N) is 1. The van der Waals surface area contributed by atoms with Gasteiger partial charge in [0.1, 0.15) is 11.4 Å². The minimum Gasteiger partial charge on any atom is -0.354 e. The molecule has 1 aliphatic rings. The van der Waals surface area contributed by atoms with Crippen molar-refractivity contribution in [2.24, 2.45) is 0 Å². The van der Waals surface area contributed by atoms with E-state index in [2.05, 4.69) is 12.2 Å². The normalized spacial score (nSPS) is 20.5. The Morgan fingerprint density at radius 3 is 2.61 bits per heavy atom. The average molecular weight is 334 g/mol. The molecule has 4 nitrogen and oxygen atoms in total. The van der Waals surface area contributed by atoms with Gasteiger partial charge in [-0.05, 0) is 12.0 Å². The van der Waals surface area contributed by atoms with Crippen LogP contribution in [0.4, 0.5) is 0 Å². The molecule has 2 rings (SSSR count). The van der Waals surface area contributed by atoms with Crippen molar-refractivity contribution in [2.75, 3.05) is 12.3 Å². The van der Waals surface area contributed by atoms with Gasteiger partial charge in [-0.1, -0.05) is 56.5 Å². The number of nitrogens with zero attached hydrogens (tertiary/aromatic N) is 1. The van der Waals surface area contributed by atoms with Crippen LogP contribution in [0.25, 0.3) is 0 Å². The lowest BCUT2D eigenvalue weighted by molar-refractivity contribution is -0.138. The number of carbonyl (C=O) groups is 2. The van der Waals surface area contributed by atoms with Gasteiger partial charge in [0.2, 0.25) is 11.8 Å². The molecule has 0 aliphatic carbocycles. The van der Waals surface area contributed by atoms with E-state index in [1.807, 2.05) is 30.3 Å². The largest absolute Gasteiger partial charge is 0.354 e. The van der Waals surface area contributed by atoms with Crippen LogP contribution in [0.3, 0.4) is 0 Å². The number of hydrogen-bond donors (Lipinski definition) is 1. The Balaban J connectivity index is 1.96. The molecule has 1 aromatic rings. The van der Waals surface area contributed by atoms with E-state index in [4.69, 9.17) is 0 Å². The molecule has 0 radical (unpaired) electrons. The fourth-order valence-electron chi connectivity index (χ4n) is 2.85. The number of amides is 2. The summed E-state index contributed by atoms with van der Waals surface area (Å²) in [6.45, 7) is 4.41. The van der Waals surface area contributed by atoms with Gasteiger partial charge in [-0.25, -0.2) is 0 Å². The van der Waals surface area contributed by atoms with Crippen molar-refractivity contribution in [1.29, 1.82) is 0 Å². The van der Waals surface area contributed by atoms with Crippen molar-refractivity contribution in [3.8, 4) is 0 Å². The number of rotatable bonds is 7. The third-order valence-corrected chi connectivity index (χ3v) is 5.40. The zero-order chi connectivity index (χ0) is 16.7. The standard InChI is InChI=1S/C18H26N2O2S/c1-3-4-5-9-12-19-17(22)16-13-23-18(20(16)14(2)21)15-10-7-6-8-11-15/h6-8,10-11,16,18H,3-5,9,12-13H2,1-2H3,(H,19,22)/t16-,18+/m1/s1. The maximum Gasteiger partial charge on any atom is 0.243 e. The first kappa shape index (κ1) is 17.9. The van der Waals surface area contributed by atoms with Crippen LogP contribution in [0.15, 0.2) is 30.3 Å². The van der Waals surface area contributed by atoms with Gasteiger partial charge < -0.3 is 10.2 Å². The Morgan fingerprint density at radius 2 is 1.96 bits per heavy atom. The van der Waals surface area contributed by atoms with E-state index < -0.39 is 0 Å². The van der Waals surface area contributed by atoms with Crippen molar-refractivity contribution in [1.82, 2.24) is 10.2 Å². The fourth-order valence-corrected chi connectivity index (χ4v) is 4.33. The molecule has 0 spiro atoms.